The van der Waals surface area contributed by atoms with E-state index in [1.807, 2.05) is 20.8 Å². The summed E-state index contributed by atoms with van der Waals surface area (Å²) in [5, 5.41) is 12.4. The van der Waals surface area contributed by atoms with Crippen LogP contribution in [-0.4, -0.2) is 11.1 Å². The fourth-order valence-electron chi connectivity index (χ4n) is 1.26. The average Bonchev–Trinajstić information content (AvgIpc) is 2.01. The molecule has 1 rings (SSSR count). The molecule has 0 saturated heterocycles. The second-order valence-electron chi connectivity index (χ2n) is 3.75. The number of hydrogen-bond acceptors (Lipinski definition) is 2. The fourth-order valence-corrected chi connectivity index (χ4v) is 1.26. The maximum atomic E-state index is 13.4. The summed E-state index contributed by atoms with van der Waals surface area (Å²) in [7, 11) is 0. The van der Waals surface area contributed by atoms with Gasteiger partial charge in [0.25, 0.3) is 0 Å². The van der Waals surface area contributed by atoms with Gasteiger partial charge >= 0.3 is 0 Å². The molecule has 0 amide bonds. The van der Waals surface area contributed by atoms with Gasteiger partial charge in [0.05, 0.1) is 0 Å². The Labute approximate surface area is 83.8 Å². The molecule has 0 radical (unpaired) electrons. The van der Waals surface area contributed by atoms with Crippen molar-refractivity contribution in [3.63, 3.8) is 0 Å². The van der Waals surface area contributed by atoms with Crippen molar-refractivity contribution in [2.24, 2.45) is 0 Å². The van der Waals surface area contributed by atoms with E-state index in [0.29, 0.717) is 5.56 Å². The zero-order valence-corrected chi connectivity index (χ0v) is 8.71. The first-order chi connectivity index (χ1) is 6.50. The molecule has 0 aliphatic carbocycles. The number of aliphatic hydroxyl groups excluding tert-OH is 1. The summed E-state index contributed by atoms with van der Waals surface area (Å²) in [4.78, 5) is 0. The molecule has 78 valence electrons. The molecule has 2 nitrogen and oxygen atoms in total. The van der Waals surface area contributed by atoms with Gasteiger partial charge < -0.3 is 5.11 Å². The number of hydrogen-bond donors (Lipinski definition) is 2. The Morgan fingerprint density at radius 2 is 2.00 bits per heavy atom. The van der Waals surface area contributed by atoms with Gasteiger partial charge in [-0.2, -0.15) is 0 Å². The van der Waals surface area contributed by atoms with Crippen molar-refractivity contribution in [2.45, 2.75) is 33.0 Å². The molecule has 0 aromatic heterocycles. The second kappa shape index (κ2) is 4.53. The molecular formula is C11H16FNO. The highest BCUT2D eigenvalue weighted by Crippen LogP contribution is 2.16. The molecule has 0 spiro atoms. The maximum absolute atomic E-state index is 13.4. The van der Waals surface area contributed by atoms with Crippen LogP contribution < -0.4 is 5.32 Å². The lowest BCUT2D eigenvalue weighted by atomic mass is 10.1. The molecule has 14 heavy (non-hydrogen) atoms. The topological polar surface area (TPSA) is 32.3 Å². The first-order valence-electron chi connectivity index (χ1n) is 4.71. The predicted octanol–water partition coefficient (Wildman–Crippen LogP) is 2.12. The molecule has 2 N–H and O–H groups in total. The van der Waals surface area contributed by atoms with Crippen LogP contribution in [0.2, 0.25) is 0 Å². The van der Waals surface area contributed by atoms with Crippen molar-refractivity contribution in [1.82, 2.24) is 5.32 Å². The van der Waals surface area contributed by atoms with Gasteiger partial charge in [-0.05, 0) is 32.4 Å². The van der Waals surface area contributed by atoms with E-state index < -0.39 is 6.23 Å². The number of halogens is 1. The van der Waals surface area contributed by atoms with Crippen LogP contribution in [0.4, 0.5) is 4.39 Å². The summed E-state index contributed by atoms with van der Waals surface area (Å²) in [6.45, 7) is 5.61. The van der Waals surface area contributed by atoms with Crippen LogP contribution in [0.5, 0.6) is 0 Å². The van der Waals surface area contributed by atoms with E-state index >= 15 is 0 Å². The number of aliphatic hydroxyl groups is 1. The monoisotopic (exact) mass is 197 g/mol. The molecule has 3 heteroatoms. The van der Waals surface area contributed by atoms with E-state index in [-0.39, 0.29) is 11.9 Å². The molecule has 1 aromatic carbocycles. The maximum Gasteiger partial charge on any atom is 0.134 e. The van der Waals surface area contributed by atoms with Crippen LogP contribution in [0.15, 0.2) is 18.2 Å². The van der Waals surface area contributed by atoms with E-state index in [2.05, 4.69) is 5.32 Å². The van der Waals surface area contributed by atoms with Crippen molar-refractivity contribution in [3.8, 4) is 0 Å². The van der Waals surface area contributed by atoms with Crippen LogP contribution >= 0.6 is 0 Å². The first-order valence-corrected chi connectivity index (χ1v) is 4.71. The minimum atomic E-state index is -0.935. The highest BCUT2D eigenvalue weighted by atomic mass is 19.1. The Morgan fingerprint density at radius 3 is 2.50 bits per heavy atom. The van der Waals surface area contributed by atoms with Gasteiger partial charge in [0, 0.05) is 11.6 Å². The Hall–Kier alpha value is -0.930. The van der Waals surface area contributed by atoms with Gasteiger partial charge in [-0.25, -0.2) is 4.39 Å². The average molecular weight is 197 g/mol. The van der Waals surface area contributed by atoms with Gasteiger partial charge in [0.1, 0.15) is 12.0 Å². The van der Waals surface area contributed by atoms with Gasteiger partial charge in [-0.1, -0.05) is 12.1 Å². The minimum Gasteiger partial charge on any atom is -0.374 e. The third-order valence-electron chi connectivity index (χ3n) is 1.94. The number of rotatable bonds is 3. The standard InChI is InChI=1S/C11H16FNO/c1-7(2)13-11(14)9-5-4-8(3)6-10(9)12/h4-7,11,13-14H,1-3H3/t11-/m1/s1. The smallest absolute Gasteiger partial charge is 0.134 e. The Balaban J connectivity index is 2.84. The SMILES string of the molecule is Cc1ccc([C@@H](O)NC(C)C)c(F)c1. The largest absolute Gasteiger partial charge is 0.374 e. The van der Waals surface area contributed by atoms with E-state index in [0.717, 1.165) is 5.56 Å². The molecule has 0 bridgehead atoms. The number of aryl methyl sites for hydroxylation is 1. The van der Waals surface area contributed by atoms with Crippen LogP contribution in [0.1, 0.15) is 31.2 Å². The molecular weight excluding hydrogens is 181 g/mol. The lowest BCUT2D eigenvalue weighted by Crippen LogP contribution is -2.28. The lowest BCUT2D eigenvalue weighted by molar-refractivity contribution is 0.125. The third kappa shape index (κ3) is 2.79. The van der Waals surface area contributed by atoms with E-state index in [1.54, 1.807) is 12.1 Å². The molecule has 0 saturated carbocycles. The molecule has 0 heterocycles. The molecule has 0 fully saturated rings. The quantitative estimate of drug-likeness (QED) is 0.727. The second-order valence-corrected chi connectivity index (χ2v) is 3.75. The molecule has 0 aliphatic rings. The zero-order chi connectivity index (χ0) is 10.7. The normalized spacial score (nSPS) is 13.3. The van der Waals surface area contributed by atoms with Crippen LogP contribution in [0, 0.1) is 12.7 Å². The lowest BCUT2D eigenvalue weighted by Gasteiger charge is -2.16. The highest BCUT2D eigenvalue weighted by molar-refractivity contribution is 5.24. The summed E-state index contributed by atoms with van der Waals surface area (Å²) in [6, 6.07) is 4.92. The summed E-state index contributed by atoms with van der Waals surface area (Å²) in [6.07, 6.45) is -0.935. The summed E-state index contributed by atoms with van der Waals surface area (Å²) in [5.74, 6) is -0.370. The van der Waals surface area contributed by atoms with Gasteiger partial charge in [0.2, 0.25) is 0 Å². The molecule has 0 aliphatic heterocycles. The highest BCUT2D eigenvalue weighted by Gasteiger charge is 2.12. The zero-order valence-electron chi connectivity index (χ0n) is 8.71. The Morgan fingerprint density at radius 1 is 1.36 bits per heavy atom. The minimum absolute atomic E-state index is 0.116. The van der Waals surface area contributed by atoms with E-state index in [9.17, 15) is 9.50 Å². The Bertz CT molecular complexity index is 312. The van der Waals surface area contributed by atoms with Crippen LogP contribution in [-0.2, 0) is 0 Å². The Kier molecular flexibility index (Phi) is 3.61. The molecule has 1 aromatic rings. The molecule has 0 unspecified atom stereocenters. The summed E-state index contributed by atoms with van der Waals surface area (Å²) >= 11 is 0. The van der Waals surface area contributed by atoms with Gasteiger partial charge in [0.15, 0.2) is 0 Å². The van der Waals surface area contributed by atoms with Crippen molar-refractivity contribution < 1.29 is 9.50 Å². The van der Waals surface area contributed by atoms with Crippen LogP contribution in [0.25, 0.3) is 0 Å². The predicted molar refractivity (Wildman–Crippen MR) is 54.4 cm³/mol. The van der Waals surface area contributed by atoms with E-state index in [4.69, 9.17) is 0 Å². The number of benzene rings is 1. The van der Waals surface area contributed by atoms with Crippen molar-refractivity contribution >= 4 is 0 Å². The van der Waals surface area contributed by atoms with Crippen molar-refractivity contribution in [2.75, 3.05) is 0 Å². The fraction of sp³-hybridized carbons (Fsp3) is 0.455. The molecule has 1 atom stereocenters. The number of nitrogens with one attached hydrogen (secondary N) is 1. The van der Waals surface area contributed by atoms with Crippen molar-refractivity contribution in [1.29, 1.82) is 0 Å². The summed E-state index contributed by atoms with van der Waals surface area (Å²) in [5.41, 5.74) is 1.15. The van der Waals surface area contributed by atoms with Gasteiger partial charge in [-0.3, -0.25) is 5.32 Å². The van der Waals surface area contributed by atoms with Crippen LogP contribution in [0.3, 0.4) is 0 Å². The first kappa shape index (κ1) is 11.1. The van der Waals surface area contributed by atoms with Crippen molar-refractivity contribution in [3.05, 3.63) is 35.1 Å². The summed E-state index contributed by atoms with van der Waals surface area (Å²) < 4.78 is 13.4. The van der Waals surface area contributed by atoms with E-state index in [1.165, 1.54) is 6.07 Å². The van der Waals surface area contributed by atoms with Gasteiger partial charge in [-0.15, -0.1) is 0 Å². The third-order valence-corrected chi connectivity index (χ3v) is 1.94.